The summed E-state index contributed by atoms with van der Waals surface area (Å²) in [4.78, 5) is 2.44. The first-order valence-electron chi connectivity index (χ1n) is 9.88. The van der Waals surface area contributed by atoms with E-state index in [2.05, 4.69) is 28.4 Å². The molecule has 1 saturated heterocycles. The Morgan fingerprint density at radius 1 is 1.24 bits per heavy atom. The van der Waals surface area contributed by atoms with E-state index in [9.17, 15) is 5.11 Å². The molecule has 0 aromatic heterocycles. The normalized spacial score (nSPS) is 34.5. The number of nitrogens with zero attached hydrogens (tertiary/aromatic N) is 2. The molecule has 3 fully saturated rings. The van der Waals surface area contributed by atoms with Crippen molar-refractivity contribution in [3.05, 3.63) is 35.4 Å². The summed E-state index contributed by atoms with van der Waals surface area (Å²) in [7, 11) is 0. The lowest BCUT2D eigenvalue weighted by Gasteiger charge is -2.26. The van der Waals surface area contributed by atoms with Gasteiger partial charge in [0.2, 0.25) is 0 Å². The Hall–Kier alpha value is -1.41. The van der Waals surface area contributed by atoms with Gasteiger partial charge in [-0.15, -0.1) is 0 Å². The number of benzene rings is 1. The molecule has 4 nitrogen and oxygen atoms in total. The number of aliphatic hydroxyl groups is 1. The van der Waals surface area contributed by atoms with E-state index in [1.54, 1.807) is 0 Å². The molecule has 4 rings (SSSR count). The smallest absolute Gasteiger partial charge is 0.0991 e. The fraction of sp³-hybridized carbons (Fsp3) is 0.667. The van der Waals surface area contributed by atoms with Crippen molar-refractivity contribution in [1.29, 1.82) is 5.26 Å². The fourth-order valence-electron chi connectivity index (χ4n) is 5.30. The fourth-order valence-corrected chi connectivity index (χ4v) is 5.30. The number of hydrogen-bond donors (Lipinski definition) is 2. The van der Waals surface area contributed by atoms with Gasteiger partial charge < -0.3 is 10.4 Å². The minimum absolute atomic E-state index is 0.302. The molecular formula is C21H29N3O. The standard InChI is InChI=1S/C21H29N3O/c22-13-15-3-1-4-16(11-15)21-19-7-6-17(12-20(19)21)23-8-10-24-9-2-5-18(24)14-25/h1,3-4,11,17-21,23,25H,2,5-10,12,14H2/t17-,18-,19?,20?,21?/m1/s1. The van der Waals surface area contributed by atoms with Crippen molar-refractivity contribution < 1.29 is 5.11 Å². The molecular weight excluding hydrogens is 310 g/mol. The molecule has 1 aliphatic heterocycles. The molecule has 2 saturated carbocycles. The highest BCUT2D eigenvalue weighted by Crippen LogP contribution is 2.61. The van der Waals surface area contributed by atoms with Crippen LogP contribution in [-0.2, 0) is 0 Å². The van der Waals surface area contributed by atoms with Crippen molar-refractivity contribution in [1.82, 2.24) is 10.2 Å². The zero-order valence-electron chi connectivity index (χ0n) is 14.9. The molecule has 0 radical (unpaired) electrons. The van der Waals surface area contributed by atoms with Crippen LogP contribution in [0.4, 0.5) is 0 Å². The van der Waals surface area contributed by atoms with Crippen LogP contribution in [0.25, 0.3) is 0 Å². The van der Waals surface area contributed by atoms with Crippen LogP contribution in [0.3, 0.4) is 0 Å². The second kappa shape index (κ2) is 7.45. The largest absolute Gasteiger partial charge is 0.395 e. The Bertz CT molecular complexity index is 640. The zero-order valence-corrected chi connectivity index (χ0v) is 14.9. The summed E-state index contributed by atoms with van der Waals surface area (Å²) in [5.41, 5.74) is 2.16. The van der Waals surface area contributed by atoms with E-state index in [0.29, 0.717) is 24.6 Å². The van der Waals surface area contributed by atoms with Crippen molar-refractivity contribution in [3.8, 4) is 6.07 Å². The Morgan fingerprint density at radius 2 is 2.16 bits per heavy atom. The van der Waals surface area contributed by atoms with Gasteiger partial charge in [0.05, 0.1) is 18.2 Å². The van der Waals surface area contributed by atoms with Crippen LogP contribution >= 0.6 is 0 Å². The lowest BCUT2D eigenvalue weighted by Crippen LogP contribution is -2.41. The molecule has 0 spiro atoms. The Kier molecular flexibility index (Phi) is 5.08. The monoisotopic (exact) mass is 339 g/mol. The van der Waals surface area contributed by atoms with E-state index in [1.165, 1.54) is 31.2 Å². The van der Waals surface area contributed by atoms with E-state index < -0.39 is 0 Å². The summed E-state index contributed by atoms with van der Waals surface area (Å²) in [5, 5.41) is 22.3. The maximum absolute atomic E-state index is 9.42. The van der Waals surface area contributed by atoms with Crippen molar-refractivity contribution in [2.45, 2.75) is 50.1 Å². The number of nitriles is 1. The highest BCUT2D eigenvalue weighted by atomic mass is 16.3. The molecule has 25 heavy (non-hydrogen) atoms. The summed E-state index contributed by atoms with van der Waals surface area (Å²) in [6.45, 7) is 3.53. The van der Waals surface area contributed by atoms with Crippen molar-refractivity contribution in [3.63, 3.8) is 0 Å². The van der Waals surface area contributed by atoms with Gasteiger partial charge in [-0.1, -0.05) is 12.1 Å². The van der Waals surface area contributed by atoms with Crippen LogP contribution < -0.4 is 5.32 Å². The molecule has 3 aliphatic rings. The van der Waals surface area contributed by atoms with Gasteiger partial charge in [0.15, 0.2) is 0 Å². The number of nitrogens with one attached hydrogen (secondary N) is 1. The highest BCUT2D eigenvalue weighted by molar-refractivity contribution is 5.38. The first kappa shape index (κ1) is 17.0. The number of likely N-dealkylation sites (tertiary alicyclic amines) is 1. The minimum Gasteiger partial charge on any atom is -0.395 e. The molecule has 4 heteroatoms. The van der Waals surface area contributed by atoms with Crippen LogP contribution in [0, 0.1) is 23.2 Å². The molecule has 2 N–H and O–H groups in total. The van der Waals surface area contributed by atoms with Crippen LogP contribution in [0.2, 0.25) is 0 Å². The van der Waals surface area contributed by atoms with Crippen molar-refractivity contribution in [2.75, 3.05) is 26.2 Å². The zero-order chi connectivity index (χ0) is 17.2. The van der Waals surface area contributed by atoms with Gasteiger partial charge in [0.1, 0.15) is 0 Å². The molecule has 5 atom stereocenters. The van der Waals surface area contributed by atoms with Crippen LogP contribution in [-0.4, -0.2) is 48.3 Å². The third-order valence-electron chi connectivity index (χ3n) is 6.68. The summed E-state index contributed by atoms with van der Waals surface area (Å²) >= 11 is 0. The minimum atomic E-state index is 0.302. The van der Waals surface area contributed by atoms with Gasteiger partial charge in [-0.3, -0.25) is 4.90 Å². The van der Waals surface area contributed by atoms with Crippen molar-refractivity contribution in [2.24, 2.45) is 11.8 Å². The molecule has 3 unspecified atom stereocenters. The molecule has 1 heterocycles. The first-order chi connectivity index (χ1) is 12.3. The van der Waals surface area contributed by atoms with Crippen LogP contribution in [0.1, 0.15) is 49.1 Å². The van der Waals surface area contributed by atoms with Crippen molar-refractivity contribution >= 4 is 0 Å². The quantitative estimate of drug-likeness (QED) is 0.836. The summed E-state index contributed by atoms with van der Waals surface area (Å²) < 4.78 is 0. The molecule has 1 aromatic carbocycles. The summed E-state index contributed by atoms with van der Waals surface area (Å²) in [6, 6.07) is 11.5. The molecule has 1 aromatic rings. The van der Waals surface area contributed by atoms with Gasteiger partial charge in [-0.2, -0.15) is 5.26 Å². The number of rotatable bonds is 6. The molecule has 134 valence electrons. The molecule has 0 amide bonds. The van der Waals surface area contributed by atoms with Gasteiger partial charge >= 0.3 is 0 Å². The van der Waals surface area contributed by atoms with E-state index in [1.807, 2.05) is 12.1 Å². The average Bonchev–Trinajstić information content (AvgIpc) is 3.19. The Balaban J connectivity index is 1.25. The Labute approximate surface area is 150 Å². The van der Waals surface area contributed by atoms with Gasteiger partial charge in [0, 0.05) is 25.2 Å². The average molecular weight is 339 g/mol. The van der Waals surface area contributed by atoms with E-state index >= 15 is 0 Å². The van der Waals surface area contributed by atoms with E-state index in [0.717, 1.165) is 43.5 Å². The van der Waals surface area contributed by atoms with E-state index in [-0.39, 0.29) is 0 Å². The van der Waals surface area contributed by atoms with Gasteiger partial charge in [-0.25, -0.2) is 0 Å². The van der Waals surface area contributed by atoms with Gasteiger partial charge in [-0.05, 0) is 74.1 Å². The third-order valence-corrected chi connectivity index (χ3v) is 6.68. The number of hydrogen-bond acceptors (Lipinski definition) is 4. The Morgan fingerprint density at radius 3 is 3.00 bits per heavy atom. The molecule has 2 aliphatic carbocycles. The van der Waals surface area contributed by atoms with E-state index in [4.69, 9.17) is 5.26 Å². The second-order valence-corrected chi connectivity index (χ2v) is 8.07. The maximum Gasteiger partial charge on any atom is 0.0991 e. The second-order valence-electron chi connectivity index (χ2n) is 8.07. The maximum atomic E-state index is 9.42. The topological polar surface area (TPSA) is 59.3 Å². The van der Waals surface area contributed by atoms with Crippen LogP contribution in [0.5, 0.6) is 0 Å². The highest BCUT2D eigenvalue weighted by Gasteiger charge is 2.53. The number of fused-ring (bicyclic) bond motifs is 1. The van der Waals surface area contributed by atoms with Crippen LogP contribution in [0.15, 0.2) is 24.3 Å². The molecule has 0 bridgehead atoms. The first-order valence-corrected chi connectivity index (χ1v) is 9.88. The third kappa shape index (κ3) is 3.60. The predicted octanol–water partition coefficient (Wildman–Crippen LogP) is 2.49. The number of aliphatic hydroxyl groups excluding tert-OH is 1. The predicted molar refractivity (Wildman–Crippen MR) is 98.2 cm³/mol. The SMILES string of the molecule is N#Cc1cccc(C2C3CC[C@@H](NCCN4CCC[C@@H]4CO)CC32)c1. The summed E-state index contributed by atoms with van der Waals surface area (Å²) in [5.74, 6) is 2.32. The lowest BCUT2D eigenvalue weighted by molar-refractivity contribution is 0.157. The summed E-state index contributed by atoms with van der Waals surface area (Å²) in [6.07, 6.45) is 6.23. The lowest BCUT2D eigenvalue weighted by atomic mass is 9.95. The van der Waals surface area contributed by atoms with Gasteiger partial charge in [0.25, 0.3) is 0 Å².